The second-order valence-corrected chi connectivity index (χ2v) is 6.26. The van der Waals surface area contributed by atoms with Crippen LogP contribution in [-0.4, -0.2) is 36.8 Å². The van der Waals surface area contributed by atoms with Gasteiger partial charge in [0, 0.05) is 31.4 Å². The molecule has 1 atom stereocenters. The SMILES string of the molecule is CCNc1cc(S(=O)(=O)N(CC)C(C)CC)ccn1. The Kier molecular flexibility index (Phi) is 5.75. The van der Waals surface area contributed by atoms with E-state index in [4.69, 9.17) is 0 Å². The molecule has 0 fully saturated rings. The van der Waals surface area contributed by atoms with Crippen LogP contribution in [0.15, 0.2) is 23.2 Å². The van der Waals surface area contributed by atoms with Crippen molar-refractivity contribution in [2.45, 2.75) is 45.1 Å². The van der Waals surface area contributed by atoms with Crippen LogP contribution in [0.25, 0.3) is 0 Å². The molecule has 0 amide bonds. The first kappa shape index (κ1) is 15.9. The van der Waals surface area contributed by atoms with Crippen molar-refractivity contribution in [1.29, 1.82) is 0 Å². The highest BCUT2D eigenvalue weighted by Crippen LogP contribution is 2.20. The minimum Gasteiger partial charge on any atom is -0.370 e. The topological polar surface area (TPSA) is 62.3 Å². The number of sulfonamides is 1. The largest absolute Gasteiger partial charge is 0.370 e. The first-order valence-electron chi connectivity index (χ1n) is 6.69. The standard InChI is InChI=1S/C13H23N3O2S/c1-5-11(4)16(7-3)19(17,18)12-8-9-15-13(10-12)14-6-2/h8-11H,5-7H2,1-4H3,(H,14,15). The van der Waals surface area contributed by atoms with Crippen molar-refractivity contribution < 1.29 is 8.42 Å². The Morgan fingerprint density at radius 3 is 2.58 bits per heavy atom. The third kappa shape index (κ3) is 3.67. The molecular weight excluding hydrogens is 262 g/mol. The summed E-state index contributed by atoms with van der Waals surface area (Å²) in [6, 6.07) is 3.12. The molecule has 0 radical (unpaired) electrons. The van der Waals surface area contributed by atoms with Crippen LogP contribution in [0.3, 0.4) is 0 Å². The average Bonchev–Trinajstić information content (AvgIpc) is 2.39. The first-order chi connectivity index (χ1) is 8.97. The molecule has 0 aliphatic carbocycles. The van der Waals surface area contributed by atoms with Gasteiger partial charge < -0.3 is 5.32 Å². The van der Waals surface area contributed by atoms with Crippen molar-refractivity contribution in [2.75, 3.05) is 18.4 Å². The molecule has 0 aliphatic rings. The van der Waals surface area contributed by atoms with E-state index in [0.717, 1.165) is 6.42 Å². The second-order valence-electron chi connectivity index (χ2n) is 4.37. The van der Waals surface area contributed by atoms with E-state index in [1.807, 2.05) is 27.7 Å². The van der Waals surface area contributed by atoms with E-state index in [2.05, 4.69) is 10.3 Å². The smallest absolute Gasteiger partial charge is 0.243 e. The lowest BCUT2D eigenvalue weighted by atomic mass is 10.3. The van der Waals surface area contributed by atoms with Crippen LogP contribution in [0.1, 0.15) is 34.1 Å². The normalized spacial score (nSPS) is 13.5. The molecule has 1 heterocycles. The number of rotatable bonds is 7. The van der Waals surface area contributed by atoms with Crippen molar-refractivity contribution in [1.82, 2.24) is 9.29 Å². The van der Waals surface area contributed by atoms with Gasteiger partial charge in [-0.2, -0.15) is 4.31 Å². The summed E-state index contributed by atoms with van der Waals surface area (Å²) in [5.74, 6) is 0.587. The van der Waals surface area contributed by atoms with Crippen LogP contribution < -0.4 is 5.32 Å². The zero-order valence-electron chi connectivity index (χ0n) is 12.0. The Bertz CT molecular complexity index is 502. The third-order valence-corrected chi connectivity index (χ3v) is 5.18. The molecule has 1 aromatic heterocycles. The van der Waals surface area contributed by atoms with Gasteiger partial charge in [-0.1, -0.05) is 13.8 Å². The molecule has 0 aliphatic heterocycles. The lowest BCUT2D eigenvalue weighted by molar-refractivity contribution is 0.342. The second kappa shape index (κ2) is 6.86. The molecule has 6 heteroatoms. The predicted octanol–water partition coefficient (Wildman–Crippen LogP) is 2.32. The van der Waals surface area contributed by atoms with E-state index in [1.165, 1.54) is 10.5 Å². The molecule has 1 N–H and O–H groups in total. The number of anilines is 1. The molecule has 1 aromatic rings. The van der Waals surface area contributed by atoms with E-state index < -0.39 is 10.0 Å². The average molecular weight is 285 g/mol. The Morgan fingerprint density at radius 1 is 1.37 bits per heavy atom. The number of pyridine rings is 1. The molecule has 0 spiro atoms. The predicted molar refractivity (Wildman–Crippen MR) is 77.7 cm³/mol. The number of nitrogens with zero attached hydrogens (tertiary/aromatic N) is 2. The van der Waals surface area contributed by atoms with Crippen LogP contribution in [0.4, 0.5) is 5.82 Å². The summed E-state index contributed by atoms with van der Waals surface area (Å²) in [6.45, 7) is 8.89. The quantitative estimate of drug-likeness (QED) is 0.835. The molecule has 108 valence electrons. The van der Waals surface area contributed by atoms with E-state index in [9.17, 15) is 8.42 Å². The fourth-order valence-corrected chi connectivity index (χ4v) is 3.63. The maximum absolute atomic E-state index is 12.6. The lowest BCUT2D eigenvalue weighted by Gasteiger charge is -2.26. The van der Waals surface area contributed by atoms with E-state index in [-0.39, 0.29) is 6.04 Å². The van der Waals surface area contributed by atoms with Crippen LogP contribution in [0.5, 0.6) is 0 Å². The van der Waals surface area contributed by atoms with E-state index >= 15 is 0 Å². The zero-order chi connectivity index (χ0) is 14.5. The van der Waals surface area contributed by atoms with E-state index in [0.29, 0.717) is 23.8 Å². The summed E-state index contributed by atoms with van der Waals surface area (Å²) in [4.78, 5) is 4.39. The molecule has 19 heavy (non-hydrogen) atoms. The highest BCUT2D eigenvalue weighted by atomic mass is 32.2. The molecule has 1 rings (SSSR count). The minimum absolute atomic E-state index is 0.00857. The van der Waals surface area contributed by atoms with Crippen LogP contribution >= 0.6 is 0 Å². The van der Waals surface area contributed by atoms with Crippen LogP contribution in [-0.2, 0) is 10.0 Å². The third-order valence-electron chi connectivity index (χ3n) is 3.09. The van der Waals surface area contributed by atoms with Gasteiger partial charge in [0.25, 0.3) is 0 Å². The highest BCUT2D eigenvalue weighted by molar-refractivity contribution is 7.89. The fourth-order valence-electron chi connectivity index (χ4n) is 1.91. The van der Waals surface area contributed by atoms with Crippen molar-refractivity contribution >= 4 is 15.8 Å². The zero-order valence-corrected chi connectivity index (χ0v) is 12.9. The van der Waals surface area contributed by atoms with Gasteiger partial charge in [0.1, 0.15) is 5.82 Å². The molecule has 0 saturated heterocycles. The van der Waals surface area contributed by atoms with Gasteiger partial charge in [-0.25, -0.2) is 13.4 Å². The Hall–Kier alpha value is -1.14. The van der Waals surface area contributed by atoms with Gasteiger partial charge >= 0.3 is 0 Å². The fraction of sp³-hybridized carbons (Fsp3) is 0.615. The maximum atomic E-state index is 12.6. The van der Waals surface area contributed by atoms with Crippen molar-refractivity contribution in [3.05, 3.63) is 18.3 Å². The molecule has 0 aromatic carbocycles. The Balaban J connectivity index is 3.14. The molecule has 5 nitrogen and oxygen atoms in total. The molecule has 0 saturated carbocycles. The molecule has 0 bridgehead atoms. The number of aromatic nitrogens is 1. The minimum atomic E-state index is -3.45. The Morgan fingerprint density at radius 2 is 2.05 bits per heavy atom. The van der Waals surface area contributed by atoms with Crippen LogP contribution in [0, 0.1) is 0 Å². The monoisotopic (exact) mass is 285 g/mol. The number of hydrogen-bond donors (Lipinski definition) is 1. The van der Waals surface area contributed by atoms with Crippen LogP contribution in [0.2, 0.25) is 0 Å². The maximum Gasteiger partial charge on any atom is 0.243 e. The highest BCUT2D eigenvalue weighted by Gasteiger charge is 2.27. The Labute approximate surface area is 116 Å². The summed E-state index contributed by atoms with van der Waals surface area (Å²) in [6.07, 6.45) is 2.31. The van der Waals surface area contributed by atoms with Gasteiger partial charge in [-0.05, 0) is 26.3 Å². The van der Waals surface area contributed by atoms with Gasteiger partial charge in [-0.3, -0.25) is 0 Å². The van der Waals surface area contributed by atoms with Crippen molar-refractivity contribution in [2.24, 2.45) is 0 Å². The summed E-state index contributed by atoms with van der Waals surface area (Å²) < 4.78 is 26.7. The summed E-state index contributed by atoms with van der Waals surface area (Å²) in [5.41, 5.74) is 0. The lowest BCUT2D eigenvalue weighted by Crippen LogP contribution is -2.38. The number of nitrogens with one attached hydrogen (secondary N) is 1. The summed E-state index contributed by atoms with van der Waals surface area (Å²) in [5, 5.41) is 3.03. The molecular formula is C13H23N3O2S. The van der Waals surface area contributed by atoms with Gasteiger partial charge in [0.2, 0.25) is 10.0 Å². The van der Waals surface area contributed by atoms with Gasteiger partial charge in [0.05, 0.1) is 4.90 Å². The summed E-state index contributed by atoms with van der Waals surface area (Å²) >= 11 is 0. The number of hydrogen-bond acceptors (Lipinski definition) is 4. The first-order valence-corrected chi connectivity index (χ1v) is 8.13. The summed E-state index contributed by atoms with van der Waals surface area (Å²) in [7, 11) is -3.45. The van der Waals surface area contributed by atoms with Gasteiger partial charge in [0.15, 0.2) is 0 Å². The van der Waals surface area contributed by atoms with Crippen molar-refractivity contribution in [3.8, 4) is 0 Å². The van der Waals surface area contributed by atoms with Crippen molar-refractivity contribution in [3.63, 3.8) is 0 Å². The molecule has 1 unspecified atom stereocenters. The van der Waals surface area contributed by atoms with E-state index in [1.54, 1.807) is 12.1 Å². The van der Waals surface area contributed by atoms with Gasteiger partial charge in [-0.15, -0.1) is 0 Å².